The predicted molar refractivity (Wildman–Crippen MR) is 59.7 cm³/mol. The highest BCUT2D eigenvalue weighted by molar-refractivity contribution is 6.31. The minimum absolute atomic E-state index is 0.0852. The van der Waals surface area contributed by atoms with Gasteiger partial charge in [0, 0.05) is 5.02 Å². The molecule has 0 radical (unpaired) electrons. The van der Waals surface area contributed by atoms with Crippen LogP contribution >= 0.6 is 11.6 Å². The smallest absolute Gasteiger partial charge is 0.391 e. The molecule has 1 aromatic heterocycles. The van der Waals surface area contributed by atoms with E-state index >= 15 is 0 Å². The van der Waals surface area contributed by atoms with E-state index in [9.17, 15) is 4.79 Å². The fraction of sp³-hybridized carbons (Fsp3) is 0.200. The van der Waals surface area contributed by atoms with Crippen LogP contribution in [0.3, 0.4) is 0 Å². The number of benzene rings is 1. The normalized spacial score (nSPS) is 10.7. The molecule has 84 valence electrons. The summed E-state index contributed by atoms with van der Waals surface area (Å²) < 4.78 is 6.00. The van der Waals surface area contributed by atoms with E-state index in [-0.39, 0.29) is 12.4 Å². The second-order valence-electron chi connectivity index (χ2n) is 3.26. The lowest BCUT2D eigenvalue weighted by Crippen LogP contribution is -2.14. The monoisotopic (exact) mass is 239 g/mol. The molecule has 0 aliphatic carbocycles. The van der Waals surface area contributed by atoms with E-state index in [1.165, 1.54) is 0 Å². The molecule has 16 heavy (non-hydrogen) atoms. The Bertz CT molecular complexity index is 574. The van der Waals surface area contributed by atoms with Gasteiger partial charge in [-0.05, 0) is 24.6 Å². The van der Waals surface area contributed by atoms with Crippen LogP contribution < -0.4 is 11.5 Å². The molecule has 0 aliphatic heterocycles. The van der Waals surface area contributed by atoms with Crippen molar-refractivity contribution in [1.82, 2.24) is 9.78 Å². The molecule has 0 atom stereocenters. The van der Waals surface area contributed by atoms with Crippen LogP contribution in [0.25, 0.3) is 5.69 Å². The maximum absolute atomic E-state index is 11.5. The summed E-state index contributed by atoms with van der Waals surface area (Å²) in [4.78, 5) is 11.5. The molecule has 0 saturated carbocycles. The van der Waals surface area contributed by atoms with Crippen LogP contribution in [-0.4, -0.2) is 9.78 Å². The summed E-state index contributed by atoms with van der Waals surface area (Å²) in [6.07, 6.45) is 0. The van der Waals surface area contributed by atoms with Gasteiger partial charge in [0.15, 0.2) is 0 Å². The summed E-state index contributed by atoms with van der Waals surface area (Å²) in [6.45, 7) is 1.89. The molecule has 2 N–H and O–H groups in total. The highest BCUT2D eigenvalue weighted by atomic mass is 35.5. The van der Waals surface area contributed by atoms with Crippen molar-refractivity contribution in [2.75, 3.05) is 0 Å². The minimum Gasteiger partial charge on any atom is -0.391 e. The number of rotatable bonds is 2. The average Bonchev–Trinajstić information content (AvgIpc) is 2.64. The second kappa shape index (κ2) is 4.11. The Kier molecular flexibility index (Phi) is 2.80. The fourth-order valence-corrected chi connectivity index (χ4v) is 1.55. The van der Waals surface area contributed by atoms with E-state index in [0.717, 1.165) is 10.2 Å². The first kappa shape index (κ1) is 10.9. The first-order valence-electron chi connectivity index (χ1n) is 4.68. The lowest BCUT2D eigenvalue weighted by atomic mass is 10.2. The lowest BCUT2D eigenvalue weighted by Gasteiger charge is -2.04. The van der Waals surface area contributed by atoms with Crippen molar-refractivity contribution >= 4 is 11.6 Å². The SMILES string of the molecule is Cc1c(Cl)cccc1-n1nc(CN)oc1=O. The third-order valence-electron chi connectivity index (χ3n) is 2.23. The van der Waals surface area contributed by atoms with Crippen LogP contribution in [0.2, 0.25) is 5.02 Å². The van der Waals surface area contributed by atoms with Crippen molar-refractivity contribution in [3.63, 3.8) is 0 Å². The van der Waals surface area contributed by atoms with Crippen molar-refractivity contribution in [2.45, 2.75) is 13.5 Å². The molecular weight excluding hydrogens is 230 g/mol. The van der Waals surface area contributed by atoms with E-state index in [4.69, 9.17) is 21.8 Å². The van der Waals surface area contributed by atoms with Gasteiger partial charge in [0.25, 0.3) is 0 Å². The van der Waals surface area contributed by atoms with Gasteiger partial charge in [-0.3, -0.25) is 0 Å². The van der Waals surface area contributed by atoms with Gasteiger partial charge in [-0.15, -0.1) is 5.10 Å². The summed E-state index contributed by atoms with van der Waals surface area (Å²) in [5, 5.41) is 4.53. The molecule has 0 unspecified atom stereocenters. The second-order valence-corrected chi connectivity index (χ2v) is 3.67. The number of aromatic nitrogens is 2. The number of hydrogen-bond donors (Lipinski definition) is 1. The molecule has 5 nitrogen and oxygen atoms in total. The number of nitrogens with zero attached hydrogens (tertiary/aromatic N) is 2. The first-order chi connectivity index (χ1) is 7.63. The van der Waals surface area contributed by atoms with Gasteiger partial charge in [-0.25, -0.2) is 4.79 Å². The Morgan fingerprint density at radius 1 is 1.56 bits per heavy atom. The van der Waals surface area contributed by atoms with Gasteiger partial charge in [0.1, 0.15) is 0 Å². The molecule has 0 amide bonds. The Morgan fingerprint density at radius 2 is 2.31 bits per heavy atom. The molecule has 0 aliphatic rings. The largest absolute Gasteiger partial charge is 0.442 e. The van der Waals surface area contributed by atoms with Crippen LogP contribution in [0.5, 0.6) is 0 Å². The van der Waals surface area contributed by atoms with Gasteiger partial charge in [-0.1, -0.05) is 17.7 Å². The van der Waals surface area contributed by atoms with E-state index in [1.54, 1.807) is 25.1 Å². The fourth-order valence-electron chi connectivity index (χ4n) is 1.38. The van der Waals surface area contributed by atoms with Gasteiger partial charge in [-0.2, -0.15) is 4.68 Å². The predicted octanol–water partition coefficient (Wildman–Crippen LogP) is 1.25. The van der Waals surface area contributed by atoms with Gasteiger partial charge < -0.3 is 10.2 Å². The third-order valence-corrected chi connectivity index (χ3v) is 2.64. The molecule has 0 bridgehead atoms. The third kappa shape index (κ3) is 1.75. The zero-order chi connectivity index (χ0) is 11.7. The standard InChI is InChI=1S/C10H10ClN3O2/c1-6-7(11)3-2-4-8(6)14-10(15)16-9(5-12)13-14/h2-4H,5,12H2,1H3. The molecule has 0 spiro atoms. The van der Waals surface area contributed by atoms with Crippen LogP contribution in [0.1, 0.15) is 11.5 Å². The summed E-state index contributed by atoms with van der Waals surface area (Å²) >= 11 is 5.96. The van der Waals surface area contributed by atoms with Crippen molar-refractivity contribution in [2.24, 2.45) is 5.73 Å². The summed E-state index contributed by atoms with van der Waals surface area (Å²) in [5.41, 5.74) is 6.71. The Morgan fingerprint density at radius 3 is 2.94 bits per heavy atom. The van der Waals surface area contributed by atoms with E-state index in [1.807, 2.05) is 0 Å². The molecule has 2 aromatic rings. The molecule has 2 rings (SSSR count). The van der Waals surface area contributed by atoms with E-state index in [0.29, 0.717) is 10.7 Å². The molecule has 1 heterocycles. The minimum atomic E-state index is -0.564. The van der Waals surface area contributed by atoms with Crippen LogP contribution in [0, 0.1) is 6.92 Å². The van der Waals surface area contributed by atoms with Gasteiger partial charge in [0.05, 0.1) is 12.2 Å². The Balaban J connectivity index is 2.63. The molecule has 6 heteroatoms. The number of halogens is 1. The van der Waals surface area contributed by atoms with Gasteiger partial charge >= 0.3 is 5.76 Å². The van der Waals surface area contributed by atoms with Crippen LogP contribution in [0.15, 0.2) is 27.4 Å². The molecular formula is C10H10ClN3O2. The Hall–Kier alpha value is -1.59. The van der Waals surface area contributed by atoms with Gasteiger partial charge in [0.2, 0.25) is 5.89 Å². The van der Waals surface area contributed by atoms with Crippen molar-refractivity contribution in [3.8, 4) is 5.69 Å². The molecule has 1 aromatic carbocycles. The van der Waals surface area contributed by atoms with E-state index in [2.05, 4.69) is 5.10 Å². The lowest BCUT2D eigenvalue weighted by molar-refractivity contribution is 0.460. The zero-order valence-corrected chi connectivity index (χ0v) is 9.36. The summed E-state index contributed by atoms with van der Waals surface area (Å²) in [6, 6.07) is 5.23. The highest BCUT2D eigenvalue weighted by Crippen LogP contribution is 2.20. The topological polar surface area (TPSA) is 74.1 Å². The Labute approximate surface area is 96.4 Å². The first-order valence-corrected chi connectivity index (χ1v) is 5.06. The van der Waals surface area contributed by atoms with Crippen molar-refractivity contribution in [1.29, 1.82) is 0 Å². The number of hydrogen-bond acceptors (Lipinski definition) is 4. The zero-order valence-electron chi connectivity index (χ0n) is 8.61. The number of nitrogens with two attached hydrogens (primary N) is 1. The highest BCUT2D eigenvalue weighted by Gasteiger charge is 2.11. The van der Waals surface area contributed by atoms with E-state index < -0.39 is 5.76 Å². The molecule has 0 fully saturated rings. The van der Waals surface area contributed by atoms with Crippen molar-refractivity contribution in [3.05, 3.63) is 45.2 Å². The van der Waals surface area contributed by atoms with Crippen molar-refractivity contribution < 1.29 is 4.42 Å². The summed E-state index contributed by atoms with van der Waals surface area (Å²) in [7, 11) is 0. The van der Waals surface area contributed by atoms with Crippen LogP contribution in [-0.2, 0) is 6.54 Å². The average molecular weight is 240 g/mol. The molecule has 0 saturated heterocycles. The quantitative estimate of drug-likeness (QED) is 0.856. The summed E-state index contributed by atoms with van der Waals surface area (Å²) in [5.74, 6) is -0.366. The maximum Gasteiger partial charge on any atom is 0.442 e. The van der Waals surface area contributed by atoms with Crippen LogP contribution in [0.4, 0.5) is 0 Å². The maximum atomic E-state index is 11.5.